The van der Waals surface area contributed by atoms with Crippen molar-refractivity contribution in [1.82, 2.24) is 20.1 Å². The first-order chi connectivity index (χ1) is 13.7. The maximum Gasteiger partial charge on any atom is 0.243 e. The van der Waals surface area contributed by atoms with Crippen molar-refractivity contribution in [2.45, 2.75) is 56.5 Å². The quantitative estimate of drug-likeness (QED) is 0.782. The molecule has 2 aromatic rings. The van der Waals surface area contributed by atoms with Gasteiger partial charge in [-0.3, -0.25) is 4.90 Å². The van der Waals surface area contributed by atoms with Gasteiger partial charge in [-0.25, -0.2) is 4.98 Å². The Labute approximate surface area is 165 Å². The van der Waals surface area contributed by atoms with E-state index in [-0.39, 0.29) is 5.75 Å². The summed E-state index contributed by atoms with van der Waals surface area (Å²) in [5.74, 6) is 3.67. The highest BCUT2D eigenvalue weighted by Gasteiger charge is 2.34. The summed E-state index contributed by atoms with van der Waals surface area (Å²) in [6.07, 6.45) is 12.7. The summed E-state index contributed by atoms with van der Waals surface area (Å²) < 4.78 is 0. The summed E-state index contributed by atoms with van der Waals surface area (Å²) in [5, 5.41) is 22.7. The smallest absolute Gasteiger partial charge is 0.243 e. The van der Waals surface area contributed by atoms with E-state index in [0.29, 0.717) is 34.7 Å². The van der Waals surface area contributed by atoms with Crippen molar-refractivity contribution in [3.63, 3.8) is 0 Å². The Morgan fingerprint density at radius 2 is 2.00 bits per heavy atom. The average molecular weight is 375 g/mol. The topological polar surface area (TPSA) is 74.2 Å². The summed E-state index contributed by atoms with van der Waals surface area (Å²) in [5.41, 5.74) is 2.88. The standard InChI is InChI=1S/C22H25N5O/c1-2-14-5-10-18(19(28)12-14)21-20(15-6-7-15)24-22(26-25-21)23-16-4-3-11-27(13-16)17-8-9-17/h1,5,10,12,15-17,28H,3-4,6-9,11,13H2,(H,23,24,26)/t16-/m1/s1. The van der Waals surface area contributed by atoms with Crippen molar-refractivity contribution >= 4 is 5.95 Å². The predicted molar refractivity (Wildman–Crippen MR) is 108 cm³/mol. The number of terminal acetylenes is 1. The maximum atomic E-state index is 10.4. The minimum Gasteiger partial charge on any atom is -0.507 e. The molecular formula is C22H25N5O. The number of piperidine rings is 1. The molecule has 0 spiro atoms. The highest BCUT2D eigenvalue weighted by molar-refractivity contribution is 5.70. The van der Waals surface area contributed by atoms with Gasteiger partial charge in [-0.2, -0.15) is 0 Å². The lowest BCUT2D eigenvalue weighted by molar-refractivity contribution is 0.207. The van der Waals surface area contributed by atoms with Gasteiger partial charge < -0.3 is 10.4 Å². The monoisotopic (exact) mass is 375 g/mol. The zero-order valence-electron chi connectivity index (χ0n) is 15.9. The molecule has 3 fully saturated rings. The van der Waals surface area contributed by atoms with Gasteiger partial charge in [-0.05, 0) is 63.3 Å². The molecule has 2 saturated carbocycles. The fraction of sp³-hybridized carbons (Fsp3) is 0.500. The second-order valence-corrected chi connectivity index (χ2v) is 8.23. The molecule has 2 N–H and O–H groups in total. The number of hydrogen-bond donors (Lipinski definition) is 2. The molecule has 5 rings (SSSR count). The molecule has 0 radical (unpaired) electrons. The van der Waals surface area contributed by atoms with Crippen LogP contribution in [0.1, 0.15) is 55.7 Å². The number of anilines is 1. The first kappa shape index (κ1) is 17.4. The molecule has 0 amide bonds. The maximum absolute atomic E-state index is 10.4. The highest BCUT2D eigenvalue weighted by atomic mass is 16.3. The molecule has 1 aromatic heterocycles. The third kappa shape index (κ3) is 3.55. The number of phenols is 1. The summed E-state index contributed by atoms with van der Waals surface area (Å²) in [4.78, 5) is 7.41. The Hall–Kier alpha value is -2.65. The fourth-order valence-corrected chi connectivity index (χ4v) is 4.13. The zero-order valence-corrected chi connectivity index (χ0v) is 15.9. The minimum atomic E-state index is 0.126. The second-order valence-electron chi connectivity index (χ2n) is 8.23. The van der Waals surface area contributed by atoms with Gasteiger partial charge in [-0.15, -0.1) is 16.6 Å². The molecule has 1 atom stereocenters. The number of aromatic hydroxyl groups is 1. The number of nitrogens with one attached hydrogen (secondary N) is 1. The predicted octanol–water partition coefficient (Wildman–Crippen LogP) is 3.14. The van der Waals surface area contributed by atoms with Crippen molar-refractivity contribution in [3.05, 3.63) is 29.5 Å². The van der Waals surface area contributed by atoms with E-state index in [0.717, 1.165) is 37.5 Å². The van der Waals surface area contributed by atoms with Crippen LogP contribution in [0.3, 0.4) is 0 Å². The summed E-state index contributed by atoms with van der Waals surface area (Å²) in [7, 11) is 0. The molecule has 0 bridgehead atoms. The van der Waals surface area contributed by atoms with Gasteiger partial charge in [0.1, 0.15) is 11.4 Å². The number of benzene rings is 1. The first-order valence-corrected chi connectivity index (χ1v) is 10.3. The molecular weight excluding hydrogens is 350 g/mol. The van der Waals surface area contributed by atoms with Crippen LogP contribution in [0.4, 0.5) is 5.95 Å². The van der Waals surface area contributed by atoms with Crippen LogP contribution < -0.4 is 5.32 Å². The van der Waals surface area contributed by atoms with Crippen LogP contribution in [0.2, 0.25) is 0 Å². The minimum absolute atomic E-state index is 0.126. The Morgan fingerprint density at radius 1 is 1.14 bits per heavy atom. The SMILES string of the molecule is C#Cc1ccc(-c2nnc(N[C@@H]3CCCN(C4CC4)C3)nc2C2CC2)c(O)c1. The second kappa shape index (κ2) is 7.06. The summed E-state index contributed by atoms with van der Waals surface area (Å²) >= 11 is 0. The van der Waals surface area contributed by atoms with Crippen LogP contribution >= 0.6 is 0 Å². The third-order valence-corrected chi connectivity index (χ3v) is 5.95. The molecule has 28 heavy (non-hydrogen) atoms. The summed E-state index contributed by atoms with van der Waals surface area (Å²) in [6.45, 7) is 2.27. The summed E-state index contributed by atoms with van der Waals surface area (Å²) in [6, 6.07) is 6.38. The Bertz CT molecular complexity index is 929. The van der Waals surface area contributed by atoms with Gasteiger partial charge >= 0.3 is 0 Å². The first-order valence-electron chi connectivity index (χ1n) is 10.3. The van der Waals surface area contributed by atoms with Crippen LogP contribution in [-0.4, -0.2) is 50.4 Å². The Kier molecular flexibility index (Phi) is 4.40. The van der Waals surface area contributed by atoms with Crippen molar-refractivity contribution < 1.29 is 5.11 Å². The molecule has 1 aliphatic heterocycles. The van der Waals surface area contributed by atoms with Crippen LogP contribution in [0.15, 0.2) is 18.2 Å². The fourth-order valence-electron chi connectivity index (χ4n) is 4.13. The van der Waals surface area contributed by atoms with E-state index in [9.17, 15) is 5.11 Å². The zero-order chi connectivity index (χ0) is 19.1. The van der Waals surface area contributed by atoms with Crippen molar-refractivity contribution in [1.29, 1.82) is 0 Å². The van der Waals surface area contributed by atoms with Crippen molar-refractivity contribution in [2.75, 3.05) is 18.4 Å². The molecule has 6 nitrogen and oxygen atoms in total. The number of likely N-dealkylation sites (tertiary alicyclic amines) is 1. The lowest BCUT2D eigenvalue weighted by atomic mass is 10.0. The number of rotatable bonds is 5. The van der Waals surface area contributed by atoms with Crippen LogP contribution in [0.5, 0.6) is 5.75 Å². The lowest BCUT2D eigenvalue weighted by Gasteiger charge is -2.33. The highest BCUT2D eigenvalue weighted by Crippen LogP contribution is 2.44. The van der Waals surface area contributed by atoms with Crippen molar-refractivity contribution in [3.8, 4) is 29.4 Å². The van der Waals surface area contributed by atoms with Gasteiger partial charge in [0.05, 0.1) is 5.69 Å². The van der Waals surface area contributed by atoms with Gasteiger partial charge in [0.15, 0.2) is 0 Å². The number of nitrogens with zero attached hydrogens (tertiary/aromatic N) is 4. The van der Waals surface area contributed by atoms with E-state index in [1.165, 1.54) is 25.8 Å². The average Bonchev–Trinajstić information content (AvgIpc) is 3.61. The third-order valence-electron chi connectivity index (χ3n) is 5.95. The Morgan fingerprint density at radius 3 is 2.71 bits per heavy atom. The van der Waals surface area contributed by atoms with E-state index in [2.05, 4.69) is 26.3 Å². The molecule has 2 heterocycles. The molecule has 1 aromatic carbocycles. The van der Waals surface area contributed by atoms with Gasteiger partial charge in [0, 0.05) is 35.7 Å². The van der Waals surface area contributed by atoms with Gasteiger partial charge in [0.25, 0.3) is 0 Å². The molecule has 2 aliphatic carbocycles. The number of phenolic OH excluding ortho intramolecular Hbond substituents is 1. The van der Waals surface area contributed by atoms with E-state index in [4.69, 9.17) is 11.4 Å². The molecule has 1 saturated heterocycles. The largest absolute Gasteiger partial charge is 0.507 e. The van der Waals surface area contributed by atoms with Crippen LogP contribution in [-0.2, 0) is 0 Å². The Balaban J connectivity index is 1.39. The number of aromatic nitrogens is 3. The van der Waals surface area contributed by atoms with Gasteiger partial charge in [-0.1, -0.05) is 5.92 Å². The molecule has 6 heteroatoms. The van der Waals surface area contributed by atoms with Gasteiger partial charge in [0.2, 0.25) is 5.95 Å². The van der Waals surface area contributed by atoms with E-state index in [1.807, 2.05) is 12.1 Å². The number of hydrogen-bond acceptors (Lipinski definition) is 6. The molecule has 144 valence electrons. The van der Waals surface area contributed by atoms with Crippen LogP contribution in [0, 0.1) is 12.3 Å². The normalized spacial score (nSPS) is 22.6. The molecule has 0 unspecified atom stereocenters. The van der Waals surface area contributed by atoms with E-state index in [1.54, 1.807) is 6.07 Å². The molecule has 3 aliphatic rings. The van der Waals surface area contributed by atoms with Crippen molar-refractivity contribution in [2.24, 2.45) is 0 Å². The lowest BCUT2D eigenvalue weighted by Crippen LogP contribution is -2.43. The van der Waals surface area contributed by atoms with E-state index < -0.39 is 0 Å². The van der Waals surface area contributed by atoms with Crippen LogP contribution in [0.25, 0.3) is 11.3 Å². The van der Waals surface area contributed by atoms with E-state index >= 15 is 0 Å².